The maximum Gasteiger partial charge on any atom is 0.335 e. The van der Waals surface area contributed by atoms with Crippen LogP contribution in [0.2, 0.25) is 0 Å². The van der Waals surface area contributed by atoms with Gasteiger partial charge in [-0.2, -0.15) is 0 Å². The third-order valence-corrected chi connectivity index (χ3v) is 4.68. The summed E-state index contributed by atoms with van der Waals surface area (Å²) in [7, 11) is 0. The van der Waals surface area contributed by atoms with Gasteiger partial charge in [0.2, 0.25) is 5.91 Å². The average molecular weight is 353 g/mol. The lowest BCUT2D eigenvalue weighted by Gasteiger charge is -2.24. The monoisotopic (exact) mass is 353 g/mol. The molecule has 1 amide bonds. The fourth-order valence-corrected chi connectivity index (χ4v) is 3.30. The Hall–Kier alpha value is -2.73. The maximum atomic E-state index is 11.0. The summed E-state index contributed by atoms with van der Waals surface area (Å²) in [6.45, 7) is 3.77. The van der Waals surface area contributed by atoms with E-state index in [0.717, 1.165) is 42.8 Å². The van der Waals surface area contributed by atoms with Gasteiger partial charge in [0.25, 0.3) is 0 Å². The van der Waals surface area contributed by atoms with Gasteiger partial charge in [-0.1, -0.05) is 18.2 Å². The summed E-state index contributed by atoms with van der Waals surface area (Å²) in [5.41, 5.74) is 3.43. The predicted octanol–water partition coefficient (Wildman–Crippen LogP) is 2.75. The number of amides is 1. The van der Waals surface area contributed by atoms with Gasteiger partial charge in [0.1, 0.15) is 0 Å². The molecular formula is C20H23N3O3. The fourth-order valence-electron chi connectivity index (χ4n) is 3.30. The van der Waals surface area contributed by atoms with Gasteiger partial charge in [0.15, 0.2) is 0 Å². The van der Waals surface area contributed by atoms with Crippen molar-refractivity contribution in [3.8, 4) is 0 Å². The molecule has 1 aliphatic rings. The lowest BCUT2D eigenvalue weighted by atomic mass is 10.1. The normalized spacial score (nSPS) is 17.2. The van der Waals surface area contributed by atoms with Crippen LogP contribution in [0.5, 0.6) is 0 Å². The predicted molar refractivity (Wildman–Crippen MR) is 97.5 cm³/mol. The van der Waals surface area contributed by atoms with Crippen molar-refractivity contribution in [3.05, 3.63) is 65.0 Å². The van der Waals surface area contributed by atoms with E-state index in [2.05, 4.69) is 15.2 Å². The largest absolute Gasteiger partial charge is 0.478 e. The minimum absolute atomic E-state index is 0.0510. The zero-order valence-electron chi connectivity index (χ0n) is 14.8. The molecule has 6 heteroatoms. The molecule has 26 heavy (non-hydrogen) atoms. The van der Waals surface area contributed by atoms with Crippen LogP contribution in [-0.2, 0) is 17.9 Å². The van der Waals surface area contributed by atoms with E-state index in [4.69, 9.17) is 5.11 Å². The molecule has 1 aromatic heterocycles. The number of carbonyl (C=O) groups is 2. The molecule has 6 nitrogen and oxygen atoms in total. The van der Waals surface area contributed by atoms with Gasteiger partial charge >= 0.3 is 5.97 Å². The van der Waals surface area contributed by atoms with E-state index >= 15 is 0 Å². The number of likely N-dealkylation sites (tertiary alicyclic amines) is 1. The van der Waals surface area contributed by atoms with Gasteiger partial charge < -0.3 is 10.4 Å². The summed E-state index contributed by atoms with van der Waals surface area (Å²) in [4.78, 5) is 28.9. The van der Waals surface area contributed by atoms with Crippen LogP contribution in [0.4, 0.5) is 0 Å². The molecule has 0 aliphatic carbocycles. The Balaban J connectivity index is 1.65. The number of nitrogens with zero attached hydrogens (tertiary/aromatic N) is 2. The van der Waals surface area contributed by atoms with Crippen molar-refractivity contribution < 1.29 is 14.7 Å². The van der Waals surface area contributed by atoms with Crippen molar-refractivity contribution in [2.45, 2.75) is 38.9 Å². The van der Waals surface area contributed by atoms with Gasteiger partial charge in [-0.25, -0.2) is 4.79 Å². The van der Waals surface area contributed by atoms with Crippen molar-refractivity contribution in [1.82, 2.24) is 15.2 Å². The Morgan fingerprint density at radius 3 is 2.54 bits per heavy atom. The summed E-state index contributed by atoms with van der Waals surface area (Å²) in [6.07, 6.45) is 4.00. The number of aromatic carboxylic acids is 1. The van der Waals surface area contributed by atoms with Crippen LogP contribution < -0.4 is 5.32 Å². The highest BCUT2D eigenvalue weighted by molar-refractivity contribution is 5.87. The first-order valence-electron chi connectivity index (χ1n) is 8.78. The molecule has 136 valence electrons. The smallest absolute Gasteiger partial charge is 0.335 e. The summed E-state index contributed by atoms with van der Waals surface area (Å²) in [5.74, 6) is -0.955. The maximum absolute atomic E-state index is 11.0. The van der Waals surface area contributed by atoms with Gasteiger partial charge in [0, 0.05) is 26.2 Å². The van der Waals surface area contributed by atoms with E-state index in [1.54, 1.807) is 12.1 Å². The molecule has 1 fully saturated rings. The number of carboxylic acid groups (broad SMARTS) is 1. The number of benzene rings is 1. The lowest BCUT2D eigenvalue weighted by Crippen LogP contribution is -2.23. The molecule has 1 aliphatic heterocycles. The van der Waals surface area contributed by atoms with Crippen LogP contribution in [-0.4, -0.2) is 33.4 Å². The van der Waals surface area contributed by atoms with E-state index < -0.39 is 5.97 Å². The number of carbonyl (C=O) groups excluding carboxylic acids is 1. The summed E-state index contributed by atoms with van der Waals surface area (Å²) >= 11 is 0. The van der Waals surface area contributed by atoms with E-state index in [9.17, 15) is 9.59 Å². The topological polar surface area (TPSA) is 82.5 Å². The molecule has 0 radical (unpaired) electrons. The zero-order chi connectivity index (χ0) is 18.5. The second kappa shape index (κ2) is 8.10. The second-order valence-corrected chi connectivity index (χ2v) is 6.63. The fraction of sp³-hybridized carbons (Fsp3) is 0.350. The number of nitrogens with one attached hydrogen (secondary N) is 1. The lowest BCUT2D eigenvalue weighted by molar-refractivity contribution is -0.119. The minimum atomic E-state index is -0.904. The molecule has 1 aromatic carbocycles. The van der Waals surface area contributed by atoms with E-state index in [1.165, 1.54) is 6.92 Å². The van der Waals surface area contributed by atoms with Crippen LogP contribution >= 0.6 is 0 Å². The van der Waals surface area contributed by atoms with E-state index in [1.807, 2.05) is 30.5 Å². The molecule has 1 saturated heterocycles. The zero-order valence-corrected chi connectivity index (χ0v) is 14.8. The highest BCUT2D eigenvalue weighted by atomic mass is 16.4. The molecule has 0 saturated carbocycles. The van der Waals surface area contributed by atoms with Crippen molar-refractivity contribution in [2.24, 2.45) is 0 Å². The third-order valence-electron chi connectivity index (χ3n) is 4.68. The summed E-state index contributed by atoms with van der Waals surface area (Å²) in [5, 5.41) is 11.8. The first-order valence-corrected chi connectivity index (χ1v) is 8.78. The first kappa shape index (κ1) is 18.1. The quantitative estimate of drug-likeness (QED) is 0.834. The molecule has 0 unspecified atom stereocenters. The molecule has 2 heterocycles. The molecular weight excluding hydrogens is 330 g/mol. The second-order valence-electron chi connectivity index (χ2n) is 6.63. The first-order chi connectivity index (χ1) is 12.5. The Morgan fingerprint density at radius 2 is 1.92 bits per heavy atom. The third kappa shape index (κ3) is 4.46. The van der Waals surface area contributed by atoms with Gasteiger partial charge in [-0.15, -0.1) is 0 Å². The molecule has 0 bridgehead atoms. The summed E-state index contributed by atoms with van der Waals surface area (Å²) in [6, 6.07) is 11.4. The number of aromatic nitrogens is 1. The molecule has 0 spiro atoms. The Labute approximate surface area is 152 Å². The molecule has 2 N–H and O–H groups in total. The Bertz CT molecular complexity index is 772. The van der Waals surface area contributed by atoms with Gasteiger partial charge in [-0.3, -0.25) is 14.7 Å². The van der Waals surface area contributed by atoms with Gasteiger partial charge in [0.05, 0.1) is 17.3 Å². The number of pyridine rings is 1. The van der Waals surface area contributed by atoms with Crippen molar-refractivity contribution in [1.29, 1.82) is 0 Å². The van der Waals surface area contributed by atoms with Crippen molar-refractivity contribution in [2.75, 3.05) is 6.54 Å². The van der Waals surface area contributed by atoms with Crippen LogP contribution in [0.3, 0.4) is 0 Å². The van der Waals surface area contributed by atoms with E-state index in [0.29, 0.717) is 12.1 Å². The van der Waals surface area contributed by atoms with E-state index in [-0.39, 0.29) is 11.9 Å². The molecule has 3 rings (SSSR count). The number of hydrogen-bond acceptors (Lipinski definition) is 4. The summed E-state index contributed by atoms with van der Waals surface area (Å²) < 4.78 is 0. The van der Waals surface area contributed by atoms with Crippen LogP contribution in [0.25, 0.3) is 0 Å². The van der Waals surface area contributed by atoms with Crippen LogP contribution in [0, 0.1) is 0 Å². The highest BCUT2D eigenvalue weighted by Crippen LogP contribution is 2.32. The Morgan fingerprint density at radius 1 is 1.19 bits per heavy atom. The minimum Gasteiger partial charge on any atom is -0.478 e. The number of carboxylic acids is 1. The Kier molecular flexibility index (Phi) is 5.63. The standard InChI is InChI=1S/C20H23N3O3/c1-14(24)21-11-16-6-9-18(22-12-16)19-3-2-10-23(19)13-15-4-7-17(8-5-15)20(25)26/h4-9,12,19H,2-3,10-11,13H2,1H3,(H,21,24)(H,25,26)/t19-/m1/s1. The molecule has 2 aromatic rings. The van der Waals surface area contributed by atoms with Crippen molar-refractivity contribution in [3.63, 3.8) is 0 Å². The average Bonchev–Trinajstić information content (AvgIpc) is 3.09. The van der Waals surface area contributed by atoms with Crippen LogP contribution in [0.15, 0.2) is 42.6 Å². The molecule has 1 atom stereocenters. The number of hydrogen-bond donors (Lipinski definition) is 2. The van der Waals surface area contributed by atoms with Crippen LogP contribution in [0.1, 0.15) is 53.0 Å². The SMILES string of the molecule is CC(=O)NCc1ccc([C@H]2CCCN2Cc2ccc(C(=O)O)cc2)nc1. The number of rotatable bonds is 6. The highest BCUT2D eigenvalue weighted by Gasteiger charge is 2.27. The van der Waals surface area contributed by atoms with Gasteiger partial charge in [-0.05, 0) is 48.7 Å². The van der Waals surface area contributed by atoms with Crippen molar-refractivity contribution >= 4 is 11.9 Å².